The predicted molar refractivity (Wildman–Crippen MR) is 30.2 cm³/mol. The summed E-state index contributed by atoms with van der Waals surface area (Å²) in [6, 6.07) is 0. The van der Waals surface area contributed by atoms with E-state index in [4.69, 9.17) is 0 Å². The molecule has 0 fully saturated rings. The van der Waals surface area contributed by atoms with Gasteiger partial charge in [0, 0.05) is 11.3 Å². The van der Waals surface area contributed by atoms with Crippen LogP contribution in [0.15, 0.2) is 18.4 Å². The van der Waals surface area contributed by atoms with E-state index in [1.54, 1.807) is 6.08 Å². The highest BCUT2D eigenvalue weighted by molar-refractivity contribution is 4.74. The third-order valence-corrected chi connectivity index (χ3v) is 0.600. The molecule has 0 rings (SSSR count). The Morgan fingerprint density at radius 2 is 2.50 bits per heavy atom. The lowest BCUT2D eigenvalue weighted by atomic mass is 10.4. The molecule has 0 unspecified atom stereocenters. The zero-order chi connectivity index (χ0) is 6.41. The Kier molecular flexibility index (Phi) is 3.54. The summed E-state index contributed by atoms with van der Waals surface area (Å²) < 4.78 is 0. The van der Waals surface area contributed by atoms with Crippen molar-refractivity contribution >= 4 is 0 Å². The lowest BCUT2D eigenvalue weighted by Gasteiger charge is -1.81. The topological polar surface area (TPSA) is 43.1 Å². The third kappa shape index (κ3) is 4.92. The number of hydrogen-bond acceptors (Lipinski definition) is 2. The minimum atomic E-state index is -0.367. The van der Waals surface area contributed by atoms with Crippen LogP contribution in [-0.4, -0.2) is 11.5 Å². The molecule has 0 aliphatic carbocycles. The van der Waals surface area contributed by atoms with Crippen LogP contribution in [0.2, 0.25) is 0 Å². The van der Waals surface area contributed by atoms with Crippen LogP contribution in [0.5, 0.6) is 0 Å². The smallest absolute Gasteiger partial charge is 0.207 e. The average molecular weight is 113 g/mol. The van der Waals surface area contributed by atoms with Crippen molar-refractivity contribution in [1.82, 2.24) is 0 Å². The van der Waals surface area contributed by atoms with Crippen molar-refractivity contribution in [2.45, 2.75) is 6.42 Å². The zero-order valence-electron chi connectivity index (χ0n) is 4.46. The summed E-state index contributed by atoms with van der Waals surface area (Å²) in [5.74, 6) is 0. The van der Waals surface area contributed by atoms with E-state index in [2.05, 4.69) is 12.3 Å². The Labute approximate surface area is 47.5 Å². The molecule has 0 aromatic heterocycles. The van der Waals surface area contributed by atoms with E-state index in [1.165, 1.54) is 0 Å². The van der Waals surface area contributed by atoms with Crippen LogP contribution >= 0.6 is 0 Å². The quantitative estimate of drug-likeness (QED) is 0.311. The largest absolute Gasteiger partial charge is 0.265 e. The van der Waals surface area contributed by atoms with Gasteiger partial charge in [-0.05, 0) is 6.08 Å². The molecule has 0 atom stereocenters. The second-order valence-electron chi connectivity index (χ2n) is 1.25. The van der Waals surface area contributed by atoms with Gasteiger partial charge in [-0.1, -0.05) is 6.58 Å². The maximum Gasteiger partial charge on any atom is 0.207 e. The van der Waals surface area contributed by atoms with E-state index in [1.807, 2.05) is 0 Å². The second-order valence-corrected chi connectivity index (χ2v) is 1.25. The maximum absolute atomic E-state index is 9.61. The minimum absolute atomic E-state index is 0.0253. The van der Waals surface area contributed by atoms with Crippen LogP contribution in [0.4, 0.5) is 0 Å². The van der Waals surface area contributed by atoms with Crippen LogP contribution in [0, 0.1) is 10.1 Å². The first-order valence-electron chi connectivity index (χ1n) is 2.23. The molecule has 0 aromatic carbocycles. The molecule has 0 amide bonds. The fraction of sp³-hybridized carbons (Fsp3) is 0.400. The third-order valence-electron chi connectivity index (χ3n) is 0.600. The summed E-state index contributed by atoms with van der Waals surface area (Å²) in [4.78, 5) is 9.24. The van der Waals surface area contributed by atoms with Crippen molar-refractivity contribution in [1.29, 1.82) is 0 Å². The molecule has 0 aliphatic heterocycles. The molecule has 3 nitrogen and oxygen atoms in total. The van der Waals surface area contributed by atoms with Crippen molar-refractivity contribution in [3.63, 3.8) is 0 Å². The lowest BCUT2D eigenvalue weighted by Crippen LogP contribution is -1.97. The molecule has 0 N–H and O–H groups in total. The number of rotatable bonds is 3. The molecule has 3 heteroatoms. The highest BCUT2D eigenvalue weighted by Crippen LogP contribution is 1.79. The van der Waals surface area contributed by atoms with Gasteiger partial charge in [0.1, 0.15) is 0 Å². The highest BCUT2D eigenvalue weighted by atomic mass is 16.6. The van der Waals surface area contributed by atoms with Crippen LogP contribution in [-0.2, 0) is 0 Å². The SMILES string of the molecule is C=C=CCC[N+](=O)[O-]. The Bertz CT molecular complexity index is 122. The van der Waals surface area contributed by atoms with Crippen molar-refractivity contribution in [3.8, 4) is 0 Å². The first-order valence-corrected chi connectivity index (χ1v) is 2.23. The molecular weight excluding hydrogens is 106 g/mol. The van der Waals surface area contributed by atoms with Gasteiger partial charge in [0.05, 0.1) is 0 Å². The van der Waals surface area contributed by atoms with Gasteiger partial charge in [-0.3, -0.25) is 10.1 Å². The van der Waals surface area contributed by atoms with E-state index in [0.29, 0.717) is 6.42 Å². The van der Waals surface area contributed by atoms with Gasteiger partial charge < -0.3 is 0 Å². The summed E-state index contributed by atoms with van der Waals surface area (Å²) in [6.07, 6.45) is 1.97. The number of nitrogens with zero attached hydrogens (tertiary/aromatic N) is 1. The van der Waals surface area contributed by atoms with Crippen molar-refractivity contribution in [2.24, 2.45) is 0 Å². The molecule has 0 saturated carbocycles. The molecule has 0 saturated heterocycles. The second kappa shape index (κ2) is 4.09. The van der Waals surface area contributed by atoms with E-state index in [0.717, 1.165) is 0 Å². The monoisotopic (exact) mass is 113 g/mol. The van der Waals surface area contributed by atoms with Crippen molar-refractivity contribution in [2.75, 3.05) is 6.54 Å². The predicted octanol–water partition coefficient (Wildman–Crippen LogP) is 0.994. The van der Waals surface area contributed by atoms with Crippen LogP contribution in [0.25, 0.3) is 0 Å². The highest BCUT2D eigenvalue weighted by Gasteiger charge is 1.88. The summed E-state index contributed by atoms with van der Waals surface area (Å²) in [5, 5.41) is 9.61. The molecule has 0 heterocycles. The van der Waals surface area contributed by atoms with Gasteiger partial charge in [-0.2, -0.15) is 0 Å². The molecular formula is C5H7NO2. The summed E-state index contributed by atoms with van der Waals surface area (Å²) in [6.45, 7) is 3.23. The van der Waals surface area contributed by atoms with Gasteiger partial charge in [-0.15, -0.1) is 5.73 Å². The number of nitro groups is 1. The normalized spacial score (nSPS) is 7.50. The average Bonchev–Trinajstić information content (AvgIpc) is 1.66. The molecule has 0 aliphatic rings. The Morgan fingerprint density at radius 1 is 1.88 bits per heavy atom. The lowest BCUT2D eigenvalue weighted by molar-refractivity contribution is -0.478. The minimum Gasteiger partial charge on any atom is -0.265 e. The van der Waals surface area contributed by atoms with Gasteiger partial charge in [0.15, 0.2) is 0 Å². The molecule has 0 aromatic rings. The van der Waals surface area contributed by atoms with E-state index < -0.39 is 0 Å². The molecule has 0 spiro atoms. The number of hydrogen-bond donors (Lipinski definition) is 0. The van der Waals surface area contributed by atoms with Crippen LogP contribution in [0.3, 0.4) is 0 Å². The van der Waals surface area contributed by atoms with Gasteiger partial charge in [-0.25, -0.2) is 0 Å². The first-order chi connectivity index (χ1) is 3.77. The Balaban J connectivity index is 3.18. The fourth-order valence-corrected chi connectivity index (χ4v) is 0.272. The zero-order valence-corrected chi connectivity index (χ0v) is 4.46. The summed E-state index contributed by atoms with van der Waals surface area (Å²) >= 11 is 0. The Morgan fingerprint density at radius 3 is 2.88 bits per heavy atom. The van der Waals surface area contributed by atoms with E-state index >= 15 is 0 Å². The van der Waals surface area contributed by atoms with Gasteiger partial charge >= 0.3 is 0 Å². The summed E-state index contributed by atoms with van der Waals surface area (Å²) in [5.41, 5.74) is 2.44. The van der Waals surface area contributed by atoms with Gasteiger partial charge in [0.2, 0.25) is 6.54 Å². The summed E-state index contributed by atoms with van der Waals surface area (Å²) in [7, 11) is 0. The Hall–Kier alpha value is -1.08. The van der Waals surface area contributed by atoms with Crippen LogP contribution in [0.1, 0.15) is 6.42 Å². The standard InChI is InChI=1S/C5H7NO2/c1-2-3-4-5-6(7)8/h3H,1,4-5H2. The maximum atomic E-state index is 9.61. The fourth-order valence-electron chi connectivity index (χ4n) is 0.272. The first kappa shape index (κ1) is 6.92. The molecule has 0 bridgehead atoms. The van der Waals surface area contributed by atoms with Gasteiger partial charge in [0.25, 0.3) is 0 Å². The molecule has 8 heavy (non-hydrogen) atoms. The van der Waals surface area contributed by atoms with Crippen molar-refractivity contribution in [3.05, 3.63) is 28.5 Å². The molecule has 0 radical (unpaired) electrons. The van der Waals surface area contributed by atoms with Crippen LogP contribution < -0.4 is 0 Å². The van der Waals surface area contributed by atoms with E-state index in [-0.39, 0.29) is 11.5 Å². The van der Waals surface area contributed by atoms with E-state index in [9.17, 15) is 10.1 Å². The van der Waals surface area contributed by atoms with Crippen molar-refractivity contribution < 1.29 is 4.92 Å². The molecule has 44 valence electrons.